The summed E-state index contributed by atoms with van der Waals surface area (Å²) in [6.45, 7) is 3.04. The summed E-state index contributed by atoms with van der Waals surface area (Å²) in [5.74, 6) is 0.989. The van der Waals surface area contributed by atoms with Gasteiger partial charge in [0.25, 0.3) is 0 Å². The van der Waals surface area contributed by atoms with Gasteiger partial charge < -0.3 is 10.1 Å². The van der Waals surface area contributed by atoms with Crippen molar-refractivity contribution < 1.29 is 4.74 Å². The van der Waals surface area contributed by atoms with Gasteiger partial charge in [0.15, 0.2) is 0 Å². The van der Waals surface area contributed by atoms with Crippen LogP contribution in [0.2, 0.25) is 0 Å². The Labute approximate surface area is 148 Å². The molecule has 0 bridgehead atoms. The Hall–Kier alpha value is -2.33. The number of nitrogens with one attached hydrogen (secondary N) is 2. The highest BCUT2D eigenvalue weighted by Gasteiger charge is 2.23. The van der Waals surface area contributed by atoms with Crippen molar-refractivity contribution in [2.75, 3.05) is 0 Å². The normalized spacial score (nSPS) is 20.7. The van der Waals surface area contributed by atoms with E-state index in [1.807, 2.05) is 6.20 Å². The third kappa shape index (κ3) is 3.69. The molecule has 4 rings (SSSR count). The zero-order chi connectivity index (χ0) is 17.1. The van der Waals surface area contributed by atoms with Crippen LogP contribution >= 0.6 is 0 Å². The summed E-state index contributed by atoms with van der Waals surface area (Å²) in [6.07, 6.45) is 6.80. The van der Waals surface area contributed by atoms with E-state index in [9.17, 15) is 0 Å². The van der Waals surface area contributed by atoms with Gasteiger partial charge in [0.2, 0.25) is 0 Å². The molecule has 25 heavy (non-hydrogen) atoms. The van der Waals surface area contributed by atoms with Gasteiger partial charge in [0, 0.05) is 23.5 Å². The number of aromatic amines is 1. The Balaban J connectivity index is 1.38. The number of hydrogen-bond acceptors (Lipinski definition) is 3. The van der Waals surface area contributed by atoms with E-state index in [1.54, 1.807) is 0 Å². The second-order valence-electron chi connectivity index (χ2n) is 6.99. The van der Waals surface area contributed by atoms with E-state index < -0.39 is 0 Å². The third-order valence-electron chi connectivity index (χ3n) is 5.20. The van der Waals surface area contributed by atoms with Crippen molar-refractivity contribution >= 4 is 10.9 Å². The summed E-state index contributed by atoms with van der Waals surface area (Å²) in [5.41, 5.74) is 3.58. The highest BCUT2D eigenvalue weighted by molar-refractivity contribution is 5.83. The number of aromatic nitrogens is 2. The van der Waals surface area contributed by atoms with Crippen molar-refractivity contribution in [3.63, 3.8) is 0 Å². The maximum Gasteiger partial charge on any atom is 0.123 e. The molecule has 1 heterocycles. The summed E-state index contributed by atoms with van der Waals surface area (Å²) in [4.78, 5) is 0. The molecule has 2 N–H and O–H groups in total. The van der Waals surface area contributed by atoms with Gasteiger partial charge in [0.05, 0.1) is 11.7 Å². The van der Waals surface area contributed by atoms with Gasteiger partial charge in [-0.15, -0.1) is 0 Å². The van der Waals surface area contributed by atoms with E-state index in [0.717, 1.165) is 36.0 Å². The molecule has 1 aliphatic rings. The van der Waals surface area contributed by atoms with Crippen LogP contribution in [0.1, 0.15) is 36.8 Å². The van der Waals surface area contributed by atoms with Gasteiger partial charge in [-0.05, 0) is 50.3 Å². The highest BCUT2D eigenvalue weighted by Crippen LogP contribution is 2.30. The summed E-state index contributed by atoms with van der Waals surface area (Å²) < 4.78 is 6.36. The second kappa shape index (κ2) is 7.28. The van der Waals surface area contributed by atoms with Crippen LogP contribution in [0.15, 0.2) is 48.7 Å². The van der Waals surface area contributed by atoms with E-state index in [2.05, 4.69) is 64.9 Å². The summed E-state index contributed by atoms with van der Waals surface area (Å²) in [7, 11) is 0. The SMILES string of the molecule is Cc1c(O[C@@H]2CCC[C@H](NCc3ccccc3)C2)ccc2[nH]ncc12. The number of hydrogen-bond donors (Lipinski definition) is 2. The van der Waals surface area contributed by atoms with Crippen molar-refractivity contribution in [3.8, 4) is 5.75 Å². The Morgan fingerprint density at radius 2 is 2.04 bits per heavy atom. The molecule has 130 valence electrons. The smallest absolute Gasteiger partial charge is 0.123 e. The Kier molecular flexibility index (Phi) is 4.70. The monoisotopic (exact) mass is 335 g/mol. The standard InChI is InChI=1S/C21H25N3O/c1-15-19-14-23-24-20(19)10-11-21(15)25-18-9-5-8-17(12-18)22-13-16-6-3-2-4-7-16/h2-4,6-7,10-11,14,17-18,22H,5,8-9,12-13H2,1H3,(H,23,24)/t17-,18+/m0/s1. The van der Waals surface area contributed by atoms with Crippen LogP contribution < -0.4 is 10.1 Å². The van der Waals surface area contributed by atoms with Gasteiger partial charge in [-0.25, -0.2) is 0 Å². The summed E-state index contributed by atoms with van der Waals surface area (Å²) >= 11 is 0. The number of rotatable bonds is 5. The molecule has 2 aromatic carbocycles. The quantitative estimate of drug-likeness (QED) is 0.729. The Morgan fingerprint density at radius 3 is 2.92 bits per heavy atom. The minimum atomic E-state index is 0.282. The highest BCUT2D eigenvalue weighted by atomic mass is 16.5. The molecule has 1 aromatic heterocycles. The van der Waals surface area contributed by atoms with Gasteiger partial charge in [-0.1, -0.05) is 30.3 Å². The molecule has 1 aliphatic carbocycles. The van der Waals surface area contributed by atoms with Crippen LogP contribution in [-0.2, 0) is 6.54 Å². The fourth-order valence-electron chi connectivity index (χ4n) is 3.74. The van der Waals surface area contributed by atoms with Crippen LogP contribution in [0.3, 0.4) is 0 Å². The first-order valence-corrected chi connectivity index (χ1v) is 9.16. The summed E-state index contributed by atoms with van der Waals surface area (Å²) in [5, 5.41) is 12.0. The first-order valence-electron chi connectivity index (χ1n) is 9.16. The van der Waals surface area contributed by atoms with Gasteiger partial charge >= 0.3 is 0 Å². The van der Waals surface area contributed by atoms with Crippen molar-refractivity contribution in [1.29, 1.82) is 0 Å². The summed E-state index contributed by atoms with van der Waals surface area (Å²) in [6, 6.07) is 15.2. The first-order chi connectivity index (χ1) is 12.3. The zero-order valence-corrected chi connectivity index (χ0v) is 14.7. The van der Waals surface area contributed by atoms with Crippen molar-refractivity contribution in [1.82, 2.24) is 15.5 Å². The maximum atomic E-state index is 6.36. The molecular formula is C21H25N3O. The number of benzene rings is 2. The molecule has 0 spiro atoms. The third-order valence-corrected chi connectivity index (χ3v) is 5.20. The van der Waals surface area contributed by atoms with Crippen LogP contribution in [0.4, 0.5) is 0 Å². The molecule has 4 heteroatoms. The average molecular weight is 335 g/mol. The zero-order valence-electron chi connectivity index (χ0n) is 14.7. The molecule has 0 unspecified atom stereocenters. The first kappa shape index (κ1) is 16.2. The minimum Gasteiger partial charge on any atom is -0.490 e. The molecule has 4 nitrogen and oxygen atoms in total. The van der Waals surface area contributed by atoms with E-state index >= 15 is 0 Å². The van der Waals surface area contributed by atoms with Crippen molar-refractivity contribution in [3.05, 3.63) is 59.8 Å². The lowest BCUT2D eigenvalue weighted by Crippen LogP contribution is -2.37. The topological polar surface area (TPSA) is 49.9 Å². The lowest BCUT2D eigenvalue weighted by Gasteiger charge is -2.30. The number of ether oxygens (including phenoxy) is 1. The van der Waals surface area contributed by atoms with E-state index in [0.29, 0.717) is 6.04 Å². The fourth-order valence-corrected chi connectivity index (χ4v) is 3.74. The fraction of sp³-hybridized carbons (Fsp3) is 0.381. The van der Waals surface area contributed by atoms with Crippen molar-refractivity contribution in [2.24, 2.45) is 0 Å². The lowest BCUT2D eigenvalue weighted by atomic mass is 9.92. The van der Waals surface area contributed by atoms with Crippen LogP contribution in [0.5, 0.6) is 5.75 Å². The Morgan fingerprint density at radius 1 is 1.16 bits per heavy atom. The molecule has 0 aliphatic heterocycles. The van der Waals surface area contributed by atoms with Crippen LogP contribution in [-0.4, -0.2) is 22.3 Å². The molecule has 1 fully saturated rings. The van der Waals surface area contributed by atoms with Crippen LogP contribution in [0.25, 0.3) is 10.9 Å². The maximum absolute atomic E-state index is 6.36. The number of fused-ring (bicyclic) bond motifs is 1. The molecule has 2 atom stereocenters. The molecular weight excluding hydrogens is 310 g/mol. The number of nitrogens with zero attached hydrogens (tertiary/aromatic N) is 1. The van der Waals surface area contributed by atoms with E-state index in [1.165, 1.54) is 24.0 Å². The van der Waals surface area contributed by atoms with Gasteiger partial charge in [-0.3, -0.25) is 5.10 Å². The Bertz CT molecular complexity index is 828. The van der Waals surface area contributed by atoms with Crippen molar-refractivity contribution in [2.45, 2.75) is 51.3 Å². The van der Waals surface area contributed by atoms with Gasteiger partial charge in [0.1, 0.15) is 11.9 Å². The predicted octanol–water partition coefficient (Wildman–Crippen LogP) is 4.35. The molecule has 0 radical (unpaired) electrons. The second-order valence-corrected chi connectivity index (χ2v) is 6.99. The largest absolute Gasteiger partial charge is 0.490 e. The lowest BCUT2D eigenvalue weighted by molar-refractivity contribution is 0.133. The van der Waals surface area contributed by atoms with E-state index in [-0.39, 0.29) is 6.10 Å². The number of aryl methyl sites for hydroxylation is 1. The molecule has 1 saturated carbocycles. The molecule has 0 saturated heterocycles. The predicted molar refractivity (Wildman–Crippen MR) is 101 cm³/mol. The minimum absolute atomic E-state index is 0.282. The molecule has 3 aromatic rings. The molecule has 0 amide bonds. The van der Waals surface area contributed by atoms with E-state index in [4.69, 9.17) is 4.74 Å². The average Bonchev–Trinajstić information content (AvgIpc) is 3.13. The van der Waals surface area contributed by atoms with Crippen LogP contribution in [0, 0.1) is 6.92 Å². The van der Waals surface area contributed by atoms with Gasteiger partial charge in [-0.2, -0.15) is 5.10 Å². The number of H-pyrrole nitrogens is 1.